The Morgan fingerprint density at radius 2 is 1.90 bits per heavy atom. The Labute approximate surface area is 128 Å². The molecule has 1 aliphatic heterocycles. The molecular formula is C18H28N2O. The van der Waals surface area contributed by atoms with Gasteiger partial charge in [0, 0.05) is 30.7 Å². The third-order valence-electron chi connectivity index (χ3n) is 5.48. The van der Waals surface area contributed by atoms with E-state index in [4.69, 9.17) is 4.74 Å². The van der Waals surface area contributed by atoms with E-state index in [1.165, 1.54) is 37.8 Å². The van der Waals surface area contributed by atoms with E-state index in [0.29, 0.717) is 17.6 Å². The molecule has 2 fully saturated rings. The monoisotopic (exact) mass is 288 g/mol. The van der Waals surface area contributed by atoms with Gasteiger partial charge in [-0.2, -0.15) is 0 Å². The summed E-state index contributed by atoms with van der Waals surface area (Å²) in [7, 11) is 1.72. The average Bonchev–Trinajstić information content (AvgIpc) is 2.98. The summed E-state index contributed by atoms with van der Waals surface area (Å²) in [5.41, 5.74) is 1.77. The quantitative estimate of drug-likeness (QED) is 0.923. The predicted octanol–water partition coefficient (Wildman–Crippen LogP) is 3.36. The molecule has 0 amide bonds. The summed E-state index contributed by atoms with van der Waals surface area (Å²) in [6, 6.07) is 9.62. The lowest BCUT2D eigenvalue weighted by atomic mass is 9.90. The highest BCUT2D eigenvalue weighted by molar-refractivity contribution is 5.29. The maximum atomic E-state index is 5.27. The lowest BCUT2D eigenvalue weighted by Gasteiger charge is -2.48. The molecule has 1 N–H and O–H groups in total. The molecule has 1 aromatic carbocycles. The van der Waals surface area contributed by atoms with Crippen LogP contribution in [-0.2, 0) is 0 Å². The van der Waals surface area contributed by atoms with E-state index < -0.39 is 0 Å². The summed E-state index contributed by atoms with van der Waals surface area (Å²) in [4.78, 5) is 2.68. The molecule has 2 aliphatic rings. The van der Waals surface area contributed by atoms with E-state index in [9.17, 15) is 0 Å². The van der Waals surface area contributed by atoms with Gasteiger partial charge in [-0.3, -0.25) is 4.90 Å². The molecule has 1 aromatic rings. The molecule has 0 radical (unpaired) electrons. The van der Waals surface area contributed by atoms with Gasteiger partial charge in [-0.1, -0.05) is 25.0 Å². The second kappa shape index (κ2) is 5.98. The van der Waals surface area contributed by atoms with Crippen molar-refractivity contribution in [1.29, 1.82) is 0 Å². The lowest BCUT2D eigenvalue weighted by Crippen LogP contribution is -2.62. The van der Waals surface area contributed by atoms with Crippen molar-refractivity contribution in [3.8, 4) is 5.75 Å². The first-order valence-corrected chi connectivity index (χ1v) is 8.28. The summed E-state index contributed by atoms with van der Waals surface area (Å²) in [6.45, 7) is 6.98. The molecule has 0 aromatic heterocycles. The second-order valence-electron chi connectivity index (χ2n) is 6.84. The Kier molecular flexibility index (Phi) is 4.23. The van der Waals surface area contributed by atoms with Gasteiger partial charge in [-0.05, 0) is 44.4 Å². The van der Waals surface area contributed by atoms with Gasteiger partial charge in [-0.25, -0.2) is 0 Å². The summed E-state index contributed by atoms with van der Waals surface area (Å²) >= 11 is 0. The molecule has 1 aliphatic carbocycles. The van der Waals surface area contributed by atoms with E-state index in [0.717, 1.165) is 12.3 Å². The van der Waals surface area contributed by atoms with Crippen LogP contribution < -0.4 is 10.1 Å². The van der Waals surface area contributed by atoms with Gasteiger partial charge in [0.1, 0.15) is 5.75 Å². The molecule has 1 saturated heterocycles. The number of hydrogen-bond acceptors (Lipinski definition) is 3. The molecule has 1 heterocycles. The smallest absolute Gasteiger partial charge is 0.118 e. The summed E-state index contributed by atoms with van der Waals surface area (Å²) in [6.07, 6.45) is 5.44. The van der Waals surface area contributed by atoms with Crippen LogP contribution in [0.2, 0.25) is 0 Å². The molecule has 0 bridgehead atoms. The minimum absolute atomic E-state index is 0.382. The number of benzene rings is 1. The van der Waals surface area contributed by atoms with E-state index in [1.54, 1.807) is 7.11 Å². The minimum atomic E-state index is 0.382. The SMILES string of the molecule is COc1ccc(C(C)N2CC3(CCCC3)NCC2C)cc1. The molecule has 3 nitrogen and oxygen atoms in total. The molecular weight excluding hydrogens is 260 g/mol. The van der Waals surface area contributed by atoms with Crippen molar-refractivity contribution in [3.05, 3.63) is 29.8 Å². The highest BCUT2D eigenvalue weighted by Gasteiger charge is 2.41. The van der Waals surface area contributed by atoms with Crippen molar-refractivity contribution in [2.24, 2.45) is 0 Å². The molecule has 116 valence electrons. The van der Waals surface area contributed by atoms with Crippen molar-refractivity contribution in [2.45, 2.75) is 57.2 Å². The molecule has 2 atom stereocenters. The van der Waals surface area contributed by atoms with Crippen molar-refractivity contribution in [2.75, 3.05) is 20.2 Å². The number of piperazine rings is 1. The number of ether oxygens (including phenoxy) is 1. The normalized spacial score (nSPS) is 26.9. The molecule has 3 heteroatoms. The zero-order valence-corrected chi connectivity index (χ0v) is 13.6. The maximum Gasteiger partial charge on any atom is 0.118 e. The van der Waals surface area contributed by atoms with Crippen LogP contribution in [-0.4, -0.2) is 36.7 Å². The Hall–Kier alpha value is -1.06. The van der Waals surface area contributed by atoms with Crippen LogP contribution in [0.1, 0.15) is 51.1 Å². The molecule has 3 rings (SSSR count). The van der Waals surface area contributed by atoms with Crippen LogP contribution in [0.15, 0.2) is 24.3 Å². The number of nitrogens with zero attached hydrogens (tertiary/aromatic N) is 1. The molecule has 1 saturated carbocycles. The first-order chi connectivity index (χ1) is 10.1. The summed E-state index contributed by atoms with van der Waals surface area (Å²) in [5.74, 6) is 0.937. The van der Waals surface area contributed by atoms with Crippen LogP contribution >= 0.6 is 0 Å². The van der Waals surface area contributed by atoms with Crippen LogP contribution in [0.4, 0.5) is 0 Å². The number of hydrogen-bond donors (Lipinski definition) is 1. The van der Waals surface area contributed by atoms with Crippen LogP contribution in [0.5, 0.6) is 5.75 Å². The van der Waals surface area contributed by atoms with Crippen molar-refractivity contribution < 1.29 is 4.74 Å². The maximum absolute atomic E-state index is 5.27. The van der Waals surface area contributed by atoms with Gasteiger partial charge >= 0.3 is 0 Å². The predicted molar refractivity (Wildman–Crippen MR) is 86.8 cm³/mol. The summed E-state index contributed by atoms with van der Waals surface area (Å²) < 4.78 is 5.27. The fourth-order valence-electron chi connectivity index (χ4n) is 4.02. The first kappa shape index (κ1) is 14.9. The third kappa shape index (κ3) is 2.95. The van der Waals surface area contributed by atoms with Gasteiger partial charge in [0.2, 0.25) is 0 Å². The van der Waals surface area contributed by atoms with Crippen molar-refractivity contribution >= 4 is 0 Å². The van der Waals surface area contributed by atoms with Gasteiger partial charge in [0.05, 0.1) is 7.11 Å². The Bertz CT molecular complexity index is 465. The van der Waals surface area contributed by atoms with Gasteiger partial charge in [0.15, 0.2) is 0 Å². The summed E-state index contributed by atoms with van der Waals surface area (Å²) in [5, 5.41) is 3.84. The van der Waals surface area contributed by atoms with Crippen LogP contribution in [0, 0.1) is 0 Å². The third-order valence-corrected chi connectivity index (χ3v) is 5.48. The van der Waals surface area contributed by atoms with Crippen molar-refractivity contribution in [1.82, 2.24) is 10.2 Å². The minimum Gasteiger partial charge on any atom is -0.497 e. The van der Waals surface area contributed by atoms with E-state index in [1.807, 2.05) is 0 Å². The second-order valence-corrected chi connectivity index (χ2v) is 6.84. The standard InChI is InChI=1S/C18H28N2O/c1-14-12-19-18(10-4-5-11-18)13-20(14)15(2)16-6-8-17(21-3)9-7-16/h6-9,14-15,19H,4-5,10-13H2,1-3H3. The zero-order chi connectivity index (χ0) is 14.9. The molecule has 2 unspecified atom stereocenters. The lowest BCUT2D eigenvalue weighted by molar-refractivity contribution is 0.0563. The molecule has 21 heavy (non-hydrogen) atoms. The van der Waals surface area contributed by atoms with Gasteiger partial charge in [-0.15, -0.1) is 0 Å². The first-order valence-electron chi connectivity index (χ1n) is 8.28. The highest BCUT2D eigenvalue weighted by Crippen LogP contribution is 2.36. The average molecular weight is 288 g/mol. The largest absolute Gasteiger partial charge is 0.497 e. The Morgan fingerprint density at radius 3 is 2.52 bits per heavy atom. The van der Waals surface area contributed by atoms with E-state index >= 15 is 0 Å². The number of nitrogens with one attached hydrogen (secondary N) is 1. The Morgan fingerprint density at radius 1 is 1.24 bits per heavy atom. The van der Waals surface area contributed by atoms with Gasteiger partial charge in [0.25, 0.3) is 0 Å². The van der Waals surface area contributed by atoms with E-state index in [2.05, 4.69) is 48.3 Å². The van der Waals surface area contributed by atoms with Crippen molar-refractivity contribution in [3.63, 3.8) is 0 Å². The Balaban J connectivity index is 1.76. The van der Waals surface area contributed by atoms with Crippen LogP contribution in [0.3, 0.4) is 0 Å². The fourth-order valence-corrected chi connectivity index (χ4v) is 4.02. The number of rotatable bonds is 3. The van der Waals surface area contributed by atoms with Gasteiger partial charge < -0.3 is 10.1 Å². The highest BCUT2D eigenvalue weighted by atomic mass is 16.5. The fraction of sp³-hybridized carbons (Fsp3) is 0.667. The topological polar surface area (TPSA) is 24.5 Å². The van der Waals surface area contributed by atoms with Crippen LogP contribution in [0.25, 0.3) is 0 Å². The zero-order valence-electron chi connectivity index (χ0n) is 13.6. The molecule has 1 spiro atoms. The number of methoxy groups -OCH3 is 1. The van der Waals surface area contributed by atoms with E-state index in [-0.39, 0.29) is 0 Å².